The molecule has 1 aliphatic carbocycles. The fourth-order valence-corrected chi connectivity index (χ4v) is 3.93. The van der Waals surface area contributed by atoms with Crippen molar-refractivity contribution >= 4 is 5.69 Å². The van der Waals surface area contributed by atoms with E-state index in [1.165, 1.54) is 55.3 Å². The van der Waals surface area contributed by atoms with Gasteiger partial charge in [0, 0.05) is 31.2 Å². The van der Waals surface area contributed by atoms with Crippen LogP contribution in [-0.4, -0.2) is 24.7 Å². The summed E-state index contributed by atoms with van der Waals surface area (Å²) in [5.41, 5.74) is 4.32. The maximum absolute atomic E-state index is 6.12. The quantitative estimate of drug-likeness (QED) is 0.841. The zero-order chi connectivity index (χ0) is 16.2. The molecular weight excluding hydrogens is 296 g/mol. The Labute approximate surface area is 144 Å². The molecular formula is C21H26N2O. The van der Waals surface area contributed by atoms with Crippen molar-refractivity contribution in [1.29, 1.82) is 0 Å². The van der Waals surface area contributed by atoms with E-state index in [9.17, 15) is 0 Å². The second-order valence-electron chi connectivity index (χ2n) is 7.08. The van der Waals surface area contributed by atoms with E-state index < -0.39 is 0 Å². The molecule has 0 spiro atoms. The van der Waals surface area contributed by atoms with Gasteiger partial charge in [0.05, 0.1) is 6.61 Å². The minimum absolute atomic E-state index is 0.666. The number of anilines is 1. The van der Waals surface area contributed by atoms with E-state index in [4.69, 9.17) is 4.74 Å². The average Bonchev–Trinajstić information content (AvgIpc) is 2.67. The van der Waals surface area contributed by atoms with Gasteiger partial charge in [0.25, 0.3) is 0 Å². The largest absolute Gasteiger partial charge is 0.493 e. The highest BCUT2D eigenvalue weighted by Crippen LogP contribution is 2.27. The van der Waals surface area contributed by atoms with Gasteiger partial charge in [-0.15, -0.1) is 0 Å². The summed E-state index contributed by atoms with van der Waals surface area (Å²) in [5.74, 6) is 1.73. The highest BCUT2D eigenvalue weighted by molar-refractivity contribution is 5.44. The first-order valence-corrected chi connectivity index (χ1v) is 9.28. The Balaban J connectivity index is 1.28. The topological polar surface area (TPSA) is 25.4 Å². The van der Waals surface area contributed by atoms with Crippen molar-refractivity contribution in [3.05, 3.63) is 53.9 Å². The summed E-state index contributed by atoms with van der Waals surface area (Å²) in [6, 6.07) is 10.9. The van der Waals surface area contributed by atoms with Gasteiger partial charge in [-0.1, -0.05) is 6.07 Å². The number of aromatic nitrogens is 1. The molecule has 0 bridgehead atoms. The van der Waals surface area contributed by atoms with Crippen LogP contribution in [0.5, 0.6) is 5.75 Å². The Hall–Kier alpha value is -2.03. The smallest absolute Gasteiger partial charge is 0.119 e. The summed E-state index contributed by atoms with van der Waals surface area (Å²) in [6.07, 6.45) is 11.3. The average molecular weight is 322 g/mol. The highest BCUT2D eigenvalue weighted by atomic mass is 16.5. The summed E-state index contributed by atoms with van der Waals surface area (Å²) in [5, 5.41) is 0. The predicted molar refractivity (Wildman–Crippen MR) is 97.8 cm³/mol. The lowest BCUT2D eigenvalue weighted by molar-refractivity contribution is 0.222. The molecule has 0 N–H and O–H groups in total. The number of benzene rings is 1. The molecule has 2 heterocycles. The van der Waals surface area contributed by atoms with Crippen LogP contribution in [0.2, 0.25) is 0 Å². The predicted octanol–water partition coefficient (Wildman–Crippen LogP) is 4.26. The Morgan fingerprint density at radius 1 is 0.958 bits per heavy atom. The van der Waals surface area contributed by atoms with Crippen LogP contribution in [-0.2, 0) is 12.8 Å². The van der Waals surface area contributed by atoms with Crippen LogP contribution >= 0.6 is 0 Å². The van der Waals surface area contributed by atoms with Gasteiger partial charge in [-0.3, -0.25) is 4.98 Å². The summed E-state index contributed by atoms with van der Waals surface area (Å²) in [4.78, 5) is 6.56. The fraction of sp³-hybridized carbons (Fsp3) is 0.476. The van der Waals surface area contributed by atoms with Gasteiger partial charge >= 0.3 is 0 Å². The van der Waals surface area contributed by atoms with E-state index in [0.29, 0.717) is 5.92 Å². The molecule has 3 heteroatoms. The molecule has 0 saturated carbocycles. The first kappa shape index (κ1) is 15.5. The SMILES string of the molecule is c1cc(N2CCC(COc3ccc4c(c3)CCCC4)CC2)ccn1. The molecule has 1 aliphatic heterocycles. The third-order valence-electron chi connectivity index (χ3n) is 5.45. The molecule has 0 unspecified atom stereocenters. The normalized spacial score (nSPS) is 18.2. The summed E-state index contributed by atoms with van der Waals surface area (Å²) < 4.78 is 6.12. The maximum Gasteiger partial charge on any atom is 0.119 e. The molecule has 0 amide bonds. The highest BCUT2D eigenvalue weighted by Gasteiger charge is 2.20. The minimum Gasteiger partial charge on any atom is -0.493 e. The minimum atomic E-state index is 0.666. The van der Waals surface area contributed by atoms with E-state index in [2.05, 4.69) is 40.2 Å². The van der Waals surface area contributed by atoms with Crippen LogP contribution in [0.1, 0.15) is 36.8 Å². The molecule has 2 aromatic rings. The van der Waals surface area contributed by atoms with Gasteiger partial charge in [-0.25, -0.2) is 0 Å². The lowest BCUT2D eigenvalue weighted by Gasteiger charge is -2.33. The molecule has 24 heavy (non-hydrogen) atoms. The second kappa shape index (κ2) is 7.25. The van der Waals surface area contributed by atoms with E-state index in [1.54, 1.807) is 0 Å². The number of pyridine rings is 1. The van der Waals surface area contributed by atoms with Crippen LogP contribution in [0, 0.1) is 5.92 Å². The molecule has 0 radical (unpaired) electrons. The number of nitrogens with zero attached hydrogens (tertiary/aromatic N) is 2. The molecule has 2 aliphatic rings. The second-order valence-corrected chi connectivity index (χ2v) is 7.08. The van der Waals surface area contributed by atoms with Crippen LogP contribution in [0.4, 0.5) is 5.69 Å². The van der Waals surface area contributed by atoms with E-state index in [1.807, 2.05) is 12.4 Å². The molecule has 1 fully saturated rings. The van der Waals surface area contributed by atoms with Crippen LogP contribution in [0.3, 0.4) is 0 Å². The number of hydrogen-bond donors (Lipinski definition) is 0. The Morgan fingerprint density at radius 2 is 1.71 bits per heavy atom. The van der Waals surface area contributed by atoms with Crippen molar-refractivity contribution in [2.45, 2.75) is 38.5 Å². The number of fused-ring (bicyclic) bond motifs is 1. The van der Waals surface area contributed by atoms with Crippen molar-refractivity contribution in [3.8, 4) is 5.75 Å². The maximum atomic E-state index is 6.12. The summed E-state index contributed by atoms with van der Waals surface area (Å²) in [6.45, 7) is 3.08. The Bertz CT molecular complexity index is 663. The lowest BCUT2D eigenvalue weighted by atomic mass is 9.92. The molecule has 126 valence electrons. The van der Waals surface area contributed by atoms with Crippen LogP contribution in [0.15, 0.2) is 42.7 Å². The van der Waals surface area contributed by atoms with Gasteiger partial charge in [-0.05, 0) is 79.8 Å². The fourth-order valence-electron chi connectivity index (χ4n) is 3.93. The monoisotopic (exact) mass is 322 g/mol. The summed E-state index contributed by atoms with van der Waals surface area (Å²) >= 11 is 0. The zero-order valence-corrected chi connectivity index (χ0v) is 14.3. The van der Waals surface area contributed by atoms with E-state index in [-0.39, 0.29) is 0 Å². The van der Waals surface area contributed by atoms with Crippen molar-refractivity contribution in [1.82, 2.24) is 4.98 Å². The van der Waals surface area contributed by atoms with E-state index in [0.717, 1.165) is 25.4 Å². The molecule has 3 nitrogen and oxygen atoms in total. The van der Waals surface area contributed by atoms with Crippen LogP contribution < -0.4 is 9.64 Å². The zero-order valence-electron chi connectivity index (χ0n) is 14.3. The standard InChI is InChI=1S/C21H26N2O/c1-2-4-19-15-21(6-5-18(19)3-1)24-16-17-9-13-23(14-10-17)20-7-11-22-12-8-20/h5-8,11-12,15,17H,1-4,9-10,13-14,16H2. The molecule has 1 saturated heterocycles. The number of rotatable bonds is 4. The first-order chi connectivity index (χ1) is 11.9. The van der Waals surface area contributed by atoms with Gasteiger partial charge < -0.3 is 9.64 Å². The van der Waals surface area contributed by atoms with Crippen LogP contribution in [0.25, 0.3) is 0 Å². The van der Waals surface area contributed by atoms with Gasteiger partial charge in [0.1, 0.15) is 5.75 Å². The molecule has 0 atom stereocenters. The van der Waals surface area contributed by atoms with Crippen molar-refractivity contribution in [3.63, 3.8) is 0 Å². The summed E-state index contributed by atoms with van der Waals surface area (Å²) in [7, 11) is 0. The Morgan fingerprint density at radius 3 is 2.50 bits per heavy atom. The third-order valence-corrected chi connectivity index (χ3v) is 5.45. The Kier molecular flexibility index (Phi) is 4.68. The van der Waals surface area contributed by atoms with Crippen molar-refractivity contribution in [2.75, 3.05) is 24.6 Å². The number of piperidine rings is 1. The van der Waals surface area contributed by atoms with Gasteiger partial charge in [0.15, 0.2) is 0 Å². The van der Waals surface area contributed by atoms with Gasteiger partial charge in [0.2, 0.25) is 0 Å². The number of hydrogen-bond acceptors (Lipinski definition) is 3. The molecule has 1 aromatic carbocycles. The van der Waals surface area contributed by atoms with Crippen molar-refractivity contribution < 1.29 is 4.74 Å². The lowest BCUT2D eigenvalue weighted by Crippen LogP contribution is -2.35. The first-order valence-electron chi connectivity index (χ1n) is 9.28. The molecule has 1 aromatic heterocycles. The third kappa shape index (κ3) is 3.55. The van der Waals surface area contributed by atoms with E-state index >= 15 is 0 Å². The number of aryl methyl sites for hydroxylation is 2. The van der Waals surface area contributed by atoms with Gasteiger partial charge in [-0.2, -0.15) is 0 Å². The number of ether oxygens (including phenoxy) is 1. The van der Waals surface area contributed by atoms with Crippen molar-refractivity contribution in [2.24, 2.45) is 5.92 Å². The molecule has 4 rings (SSSR count).